The second-order valence-corrected chi connectivity index (χ2v) is 8.56. The van der Waals surface area contributed by atoms with E-state index in [-0.39, 0.29) is 0 Å². The predicted molar refractivity (Wildman–Crippen MR) is 112 cm³/mol. The molecule has 1 fully saturated rings. The monoisotopic (exact) mass is 344 g/mol. The lowest BCUT2D eigenvalue weighted by Crippen LogP contribution is -2.14. The number of fused-ring (bicyclic) bond motifs is 1. The third kappa shape index (κ3) is 3.95. The first-order valence-corrected chi connectivity index (χ1v) is 10.6. The van der Waals surface area contributed by atoms with Crippen LogP contribution in [0.3, 0.4) is 0 Å². The summed E-state index contributed by atoms with van der Waals surface area (Å²) in [7, 11) is 0. The number of hydrogen-bond acceptors (Lipinski definition) is 0. The number of allylic oxidation sites excluding steroid dienone is 1. The Morgan fingerprint density at radius 2 is 1.46 bits per heavy atom. The van der Waals surface area contributed by atoms with Crippen molar-refractivity contribution >= 4 is 6.08 Å². The Hall–Kier alpha value is -1.82. The van der Waals surface area contributed by atoms with Crippen LogP contribution in [-0.2, 0) is 25.7 Å². The van der Waals surface area contributed by atoms with E-state index in [9.17, 15) is 0 Å². The SMILES string of the molecule is CCc1ccc(CCc2ccc3c(c2)C=C(C2CCC(C)CC2)C3)cc1. The molecule has 1 saturated carbocycles. The Kier molecular flexibility index (Phi) is 5.29. The van der Waals surface area contributed by atoms with E-state index in [0.717, 1.165) is 31.1 Å². The summed E-state index contributed by atoms with van der Waals surface area (Å²) in [6, 6.07) is 16.4. The van der Waals surface area contributed by atoms with Gasteiger partial charge in [-0.05, 0) is 78.2 Å². The molecule has 0 spiro atoms. The highest BCUT2D eigenvalue weighted by Gasteiger charge is 2.24. The quantitative estimate of drug-likeness (QED) is 0.559. The average Bonchev–Trinajstić information content (AvgIpc) is 3.10. The molecule has 0 nitrogen and oxygen atoms in total. The molecule has 2 aromatic rings. The minimum Gasteiger partial charge on any atom is -0.0625 e. The van der Waals surface area contributed by atoms with Crippen molar-refractivity contribution < 1.29 is 0 Å². The summed E-state index contributed by atoms with van der Waals surface area (Å²) in [5.41, 5.74) is 9.13. The molecule has 4 rings (SSSR count). The average molecular weight is 345 g/mol. The molecular weight excluding hydrogens is 312 g/mol. The fraction of sp³-hybridized carbons (Fsp3) is 0.462. The van der Waals surface area contributed by atoms with E-state index in [0.29, 0.717) is 0 Å². The van der Waals surface area contributed by atoms with E-state index >= 15 is 0 Å². The van der Waals surface area contributed by atoms with Crippen LogP contribution >= 0.6 is 0 Å². The minimum atomic E-state index is 0.846. The van der Waals surface area contributed by atoms with Crippen molar-refractivity contribution in [3.05, 3.63) is 75.9 Å². The molecule has 0 heteroatoms. The van der Waals surface area contributed by atoms with Gasteiger partial charge in [-0.2, -0.15) is 0 Å². The molecule has 0 aliphatic heterocycles. The molecule has 0 amide bonds. The standard InChI is InChI=1S/C26H32/c1-3-20-6-8-21(9-7-20)10-11-22-12-15-24-17-26(18-25(24)16-22)23-13-4-19(2)5-14-23/h6-9,12,15-16,18-19,23H,3-5,10-11,13-14,17H2,1-2H3. The third-order valence-electron chi connectivity index (χ3n) is 6.62. The molecule has 2 aromatic carbocycles. The van der Waals surface area contributed by atoms with Crippen molar-refractivity contribution in [2.24, 2.45) is 11.8 Å². The van der Waals surface area contributed by atoms with E-state index in [1.165, 1.54) is 54.4 Å². The van der Waals surface area contributed by atoms with Crippen molar-refractivity contribution in [1.29, 1.82) is 0 Å². The Bertz CT molecular complexity index is 770. The van der Waals surface area contributed by atoms with Gasteiger partial charge >= 0.3 is 0 Å². The van der Waals surface area contributed by atoms with Gasteiger partial charge in [0.25, 0.3) is 0 Å². The van der Waals surface area contributed by atoms with Gasteiger partial charge in [-0.15, -0.1) is 0 Å². The molecule has 0 unspecified atom stereocenters. The molecule has 0 saturated heterocycles. The van der Waals surface area contributed by atoms with Gasteiger partial charge < -0.3 is 0 Å². The van der Waals surface area contributed by atoms with Crippen LogP contribution in [0.15, 0.2) is 48.0 Å². The van der Waals surface area contributed by atoms with Crippen LogP contribution in [-0.4, -0.2) is 0 Å². The molecule has 26 heavy (non-hydrogen) atoms. The van der Waals surface area contributed by atoms with Crippen molar-refractivity contribution in [2.45, 2.75) is 65.2 Å². The molecule has 0 heterocycles. The molecule has 0 radical (unpaired) electrons. The highest BCUT2D eigenvalue weighted by atomic mass is 14.3. The van der Waals surface area contributed by atoms with Crippen LogP contribution in [0.1, 0.15) is 67.3 Å². The van der Waals surface area contributed by atoms with Gasteiger partial charge in [-0.3, -0.25) is 0 Å². The first-order chi connectivity index (χ1) is 12.7. The van der Waals surface area contributed by atoms with E-state index in [2.05, 4.69) is 62.4 Å². The summed E-state index contributed by atoms with van der Waals surface area (Å²) in [6.45, 7) is 4.63. The van der Waals surface area contributed by atoms with Crippen LogP contribution in [0.5, 0.6) is 0 Å². The zero-order valence-corrected chi connectivity index (χ0v) is 16.4. The van der Waals surface area contributed by atoms with Gasteiger partial charge in [0.15, 0.2) is 0 Å². The van der Waals surface area contributed by atoms with E-state index in [1.54, 1.807) is 11.1 Å². The highest BCUT2D eigenvalue weighted by Crippen LogP contribution is 2.38. The summed E-state index contributed by atoms with van der Waals surface area (Å²) in [5, 5.41) is 0. The van der Waals surface area contributed by atoms with Crippen molar-refractivity contribution in [1.82, 2.24) is 0 Å². The maximum atomic E-state index is 2.52. The van der Waals surface area contributed by atoms with Gasteiger partial charge in [-0.1, -0.05) is 80.8 Å². The van der Waals surface area contributed by atoms with E-state index < -0.39 is 0 Å². The highest BCUT2D eigenvalue weighted by molar-refractivity contribution is 5.65. The molecule has 0 aromatic heterocycles. The summed E-state index contributed by atoms with van der Waals surface area (Å²) >= 11 is 0. The normalized spacial score (nSPS) is 22.2. The Labute approximate surface area is 159 Å². The fourth-order valence-corrected chi connectivity index (χ4v) is 4.69. The molecule has 0 N–H and O–H groups in total. The Morgan fingerprint density at radius 1 is 0.808 bits per heavy atom. The maximum Gasteiger partial charge on any atom is -0.00550 e. The number of hydrogen-bond donors (Lipinski definition) is 0. The zero-order valence-electron chi connectivity index (χ0n) is 16.4. The third-order valence-corrected chi connectivity index (χ3v) is 6.62. The first-order valence-electron chi connectivity index (χ1n) is 10.6. The van der Waals surface area contributed by atoms with Crippen LogP contribution in [0.25, 0.3) is 6.08 Å². The number of aryl methyl sites for hydroxylation is 3. The van der Waals surface area contributed by atoms with Gasteiger partial charge in [0.2, 0.25) is 0 Å². The van der Waals surface area contributed by atoms with Crippen molar-refractivity contribution in [2.75, 3.05) is 0 Å². The van der Waals surface area contributed by atoms with Gasteiger partial charge in [0.1, 0.15) is 0 Å². The van der Waals surface area contributed by atoms with E-state index in [1.807, 2.05) is 0 Å². The lowest BCUT2D eigenvalue weighted by atomic mass is 9.79. The summed E-state index contributed by atoms with van der Waals surface area (Å²) in [6.07, 6.45) is 12.8. The fourth-order valence-electron chi connectivity index (χ4n) is 4.69. The lowest BCUT2D eigenvalue weighted by Gasteiger charge is -2.27. The molecule has 0 atom stereocenters. The molecule has 136 valence electrons. The van der Waals surface area contributed by atoms with Crippen molar-refractivity contribution in [3.8, 4) is 0 Å². The maximum absolute atomic E-state index is 2.52. The number of benzene rings is 2. The topological polar surface area (TPSA) is 0 Å². The van der Waals surface area contributed by atoms with Crippen LogP contribution in [0.2, 0.25) is 0 Å². The van der Waals surface area contributed by atoms with Crippen LogP contribution in [0.4, 0.5) is 0 Å². The number of rotatable bonds is 5. The summed E-state index contributed by atoms with van der Waals surface area (Å²) < 4.78 is 0. The molecule has 2 aliphatic rings. The second kappa shape index (κ2) is 7.82. The molecular formula is C26H32. The van der Waals surface area contributed by atoms with Gasteiger partial charge in [0, 0.05) is 0 Å². The summed E-state index contributed by atoms with van der Waals surface area (Å²) in [4.78, 5) is 0. The zero-order chi connectivity index (χ0) is 17.9. The van der Waals surface area contributed by atoms with E-state index in [4.69, 9.17) is 0 Å². The Balaban J connectivity index is 1.40. The van der Waals surface area contributed by atoms with Gasteiger partial charge in [-0.25, -0.2) is 0 Å². The van der Waals surface area contributed by atoms with Crippen molar-refractivity contribution in [3.63, 3.8) is 0 Å². The summed E-state index contributed by atoms with van der Waals surface area (Å²) in [5.74, 6) is 1.78. The smallest absolute Gasteiger partial charge is 0.00550 e. The lowest BCUT2D eigenvalue weighted by molar-refractivity contribution is 0.319. The first kappa shape index (κ1) is 17.6. The molecule has 0 bridgehead atoms. The second-order valence-electron chi connectivity index (χ2n) is 8.56. The van der Waals surface area contributed by atoms with Gasteiger partial charge in [0.05, 0.1) is 0 Å². The molecule has 2 aliphatic carbocycles. The van der Waals surface area contributed by atoms with Crippen LogP contribution in [0, 0.1) is 11.8 Å². The Morgan fingerprint density at radius 3 is 2.19 bits per heavy atom. The van der Waals surface area contributed by atoms with Crippen LogP contribution < -0.4 is 0 Å². The predicted octanol–water partition coefficient (Wildman–Crippen LogP) is 6.80. The largest absolute Gasteiger partial charge is 0.0625 e. The minimum absolute atomic E-state index is 0.846.